The van der Waals surface area contributed by atoms with Crippen molar-refractivity contribution in [3.63, 3.8) is 0 Å². The van der Waals surface area contributed by atoms with Crippen molar-refractivity contribution in [3.05, 3.63) is 0 Å². The Morgan fingerprint density at radius 3 is 2.41 bits per heavy atom. The number of carbonyl (C=O) groups is 1. The molecule has 0 aromatic rings. The molecule has 0 aromatic heterocycles. The fourth-order valence-electron chi connectivity index (χ4n) is 5.23. The molecule has 5 heteroatoms. The minimum Gasteiger partial charge on any atom is -0.469 e. The number of aliphatic hydroxyl groups excluding tert-OH is 1. The van der Waals surface area contributed by atoms with Gasteiger partial charge in [-0.15, -0.1) is 0 Å². The fourth-order valence-corrected chi connectivity index (χ4v) is 5.23. The Morgan fingerprint density at radius 1 is 1.14 bits per heavy atom. The molecule has 3 aliphatic rings. The Kier molecular flexibility index (Phi) is 3.45. The van der Waals surface area contributed by atoms with E-state index in [9.17, 15) is 15.0 Å². The molecular weight excluding hydrogens is 284 g/mol. The predicted molar refractivity (Wildman–Crippen MR) is 79.9 cm³/mol. The highest BCUT2D eigenvalue weighted by molar-refractivity contribution is 5.78. The highest BCUT2D eigenvalue weighted by Crippen LogP contribution is 2.64. The molecule has 0 aromatic carbocycles. The lowest BCUT2D eigenvalue weighted by atomic mass is 9.46. The Bertz CT molecular complexity index is 489. The molecule has 126 valence electrons. The van der Waals surface area contributed by atoms with Crippen molar-refractivity contribution >= 4 is 5.97 Å². The standard InChI is InChI=1S/C17H28O5/c1-14(2)5-7-16(13(19)21-4)8-6-15(3)17(20,11(16)9-14)10-12(18)22-15/h11-12,18,20H,5-10H2,1-4H3/t11?,12-,15+,16+,17+/m1/s1. The molecule has 0 radical (unpaired) electrons. The molecule has 1 aliphatic heterocycles. The van der Waals surface area contributed by atoms with Crippen LogP contribution in [0.3, 0.4) is 0 Å². The summed E-state index contributed by atoms with van der Waals surface area (Å²) in [6.45, 7) is 6.22. The maximum Gasteiger partial charge on any atom is 0.312 e. The normalized spacial score (nSPS) is 50.1. The predicted octanol–water partition coefficient (Wildman–Crippen LogP) is 1.99. The van der Waals surface area contributed by atoms with E-state index < -0.39 is 22.9 Å². The molecule has 3 rings (SSSR count). The van der Waals surface area contributed by atoms with Crippen LogP contribution in [-0.2, 0) is 14.3 Å². The average molecular weight is 312 g/mol. The van der Waals surface area contributed by atoms with E-state index in [-0.39, 0.29) is 23.7 Å². The van der Waals surface area contributed by atoms with E-state index in [1.807, 2.05) is 6.92 Å². The molecule has 1 heterocycles. The Hall–Kier alpha value is -0.650. The number of aliphatic hydroxyl groups is 2. The van der Waals surface area contributed by atoms with E-state index in [1.165, 1.54) is 7.11 Å². The van der Waals surface area contributed by atoms with Crippen LogP contribution < -0.4 is 0 Å². The Balaban J connectivity index is 2.08. The van der Waals surface area contributed by atoms with Crippen molar-refractivity contribution in [1.29, 1.82) is 0 Å². The number of fused-ring (bicyclic) bond motifs is 3. The highest BCUT2D eigenvalue weighted by atomic mass is 16.6. The third-order valence-corrected chi connectivity index (χ3v) is 6.69. The number of hydrogen-bond acceptors (Lipinski definition) is 5. The number of rotatable bonds is 1. The molecule has 0 spiro atoms. The summed E-state index contributed by atoms with van der Waals surface area (Å²) in [5.74, 6) is -0.461. The van der Waals surface area contributed by atoms with Gasteiger partial charge >= 0.3 is 5.97 Å². The first kappa shape index (κ1) is 16.2. The van der Waals surface area contributed by atoms with Gasteiger partial charge in [0.15, 0.2) is 6.29 Å². The number of carbonyl (C=O) groups excluding carboxylic acids is 1. The van der Waals surface area contributed by atoms with Gasteiger partial charge in [-0.1, -0.05) is 13.8 Å². The zero-order chi connectivity index (χ0) is 16.4. The summed E-state index contributed by atoms with van der Waals surface area (Å²) in [7, 11) is 1.42. The maximum absolute atomic E-state index is 12.6. The molecule has 0 bridgehead atoms. The highest BCUT2D eigenvalue weighted by Gasteiger charge is 2.70. The minimum atomic E-state index is -1.18. The van der Waals surface area contributed by atoms with Gasteiger partial charge in [0, 0.05) is 12.3 Å². The molecule has 3 fully saturated rings. The molecule has 2 saturated carbocycles. The summed E-state index contributed by atoms with van der Waals surface area (Å²) < 4.78 is 10.8. The van der Waals surface area contributed by atoms with Crippen LogP contribution in [0.15, 0.2) is 0 Å². The van der Waals surface area contributed by atoms with E-state index in [2.05, 4.69) is 13.8 Å². The second-order valence-electron chi connectivity index (χ2n) is 8.50. The lowest BCUT2D eigenvalue weighted by Crippen LogP contribution is -2.66. The first-order valence-electron chi connectivity index (χ1n) is 8.25. The zero-order valence-corrected chi connectivity index (χ0v) is 14.0. The van der Waals surface area contributed by atoms with Crippen molar-refractivity contribution in [2.75, 3.05) is 7.11 Å². The monoisotopic (exact) mass is 312 g/mol. The van der Waals surface area contributed by atoms with Crippen molar-refractivity contribution in [1.82, 2.24) is 0 Å². The average Bonchev–Trinajstić information content (AvgIpc) is 2.67. The van der Waals surface area contributed by atoms with E-state index in [1.54, 1.807) is 0 Å². The zero-order valence-electron chi connectivity index (χ0n) is 14.0. The number of methoxy groups -OCH3 is 1. The molecule has 22 heavy (non-hydrogen) atoms. The van der Waals surface area contributed by atoms with Gasteiger partial charge in [0.25, 0.3) is 0 Å². The second-order valence-corrected chi connectivity index (χ2v) is 8.50. The van der Waals surface area contributed by atoms with Gasteiger partial charge in [-0.05, 0) is 44.4 Å². The van der Waals surface area contributed by atoms with E-state index in [4.69, 9.17) is 9.47 Å². The van der Waals surface area contributed by atoms with Gasteiger partial charge in [-0.25, -0.2) is 0 Å². The molecule has 5 nitrogen and oxygen atoms in total. The molecule has 2 aliphatic carbocycles. The van der Waals surface area contributed by atoms with Crippen LogP contribution >= 0.6 is 0 Å². The minimum absolute atomic E-state index is 0.0592. The lowest BCUT2D eigenvalue weighted by molar-refractivity contribution is -0.238. The van der Waals surface area contributed by atoms with E-state index in [0.717, 1.165) is 19.3 Å². The maximum atomic E-state index is 12.6. The van der Waals surface area contributed by atoms with Gasteiger partial charge in [-0.2, -0.15) is 0 Å². The van der Waals surface area contributed by atoms with Crippen LogP contribution in [0.1, 0.15) is 59.3 Å². The van der Waals surface area contributed by atoms with Gasteiger partial charge in [0.05, 0.1) is 18.1 Å². The van der Waals surface area contributed by atoms with Crippen LogP contribution in [0.25, 0.3) is 0 Å². The topological polar surface area (TPSA) is 76.0 Å². The largest absolute Gasteiger partial charge is 0.469 e. The van der Waals surface area contributed by atoms with Gasteiger partial charge in [-0.3, -0.25) is 4.79 Å². The smallest absolute Gasteiger partial charge is 0.312 e. The third-order valence-electron chi connectivity index (χ3n) is 6.69. The van der Waals surface area contributed by atoms with Crippen LogP contribution in [-0.4, -0.2) is 40.8 Å². The molecular formula is C17H28O5. The quantitative estimate of drug-likeness (QED) is 0.724. The molecule has 1 saturated heterocycles. The summed E-state index contributed by atoms with van der Waals surface area (Å²) in [5.41, 5.74) is -2.56. The Labute approximate surface area is 132 Å². The van der Waals surface area contributed by atoms with Crippen molar-refractivity contribution in [2.24, 2.45) is 16.7 Å². The summed E-state index contributed by atoms with van der Waals surface area (Å²) in [4.78, 5) is 12.6. The third kappa shape index (κ3) is 1.98. The molecule has 1 unspecified atom stereocenters. The lowest BCUT2D eigenvalue weighted by Gasteiger charge is -2.59. The van der Waals surface area contributed by atoms with Gasteiger partial charge < -0.3 is 19.7 Å². The van der Waals surface area contributed by atoms with Crippen LogP contribution in [0.5, 0.6) is 0 Å². The number of ether oxygens (including phenoxy) is 2. The second kappa shape index (κ2) is 4.68. The SMILES string of the molecule is COC(=O)[C@]12CCC(C)(C)CC1[C@@]1(O)C[C@H](O)O[C@@]1(C)CC2. The van der Waals surface area contributed by atoms with Crippen LogP contribution in [0, 0.1) is 16.7 Å². The van der Waals surface area contributed by atoms with Crippen molar-refractivity contribution in [2.45, 2.75) is 76.8 Å². The van der Waals surface area contributed by atoms with Gasteiger partial charge in [0.1, 0.15) is 5.60 Å². The molecule has 2 N–H and O–H groups in total. The van der Waals surface area contributed by atoms with Gasteiger partial charge in [0.2, 0.25) is 0 Å². The Morgan fingerprint density at radius 2 is 1.77 bits per heavy atom. The van der Waals surface area contributed by atoms with Crippen LogP contribution in [0.4, 0.5) is 0 Å². The van der Waals surface area contributed by atoms with Crippen molar-refractivity contribution in [3.8, 4) is 0 Å². The number of hydrogen-bond donors (Lipinski definition) is 2. The van der Waals surface area contributed by atoms with E-state index >= 15 is 0 Å². The first-order chi connectivity index (χ1) is 10.1. The van der Waals surface area contributed by atoms with Crippen molar-refractivity contribution < 1.29 is 24.5 Å². The van der Waals surface area contributed by atoms with E-state index in [0.29, 0.717) is 12.8 Å². The summed E-state index contributed by atoms with van der Waals surface area (Å²) >= 11 is 0. The number of esters is 1. The fraction of sp³-hybridized carbons (Fsp3) is 0.941. The van der Waals surface area contributed by atoms with Crippen LogP contribution in [0.2, 0.25) is 0 Å². The summed E-state index contributed by atoms with van der Waals surface area (Å²) in [6.07, 6.45) is 2.82. The summed E-state index contributed by atoms with van der Waals surface area (Å²) in [5, 5.41) is 21.5. The summed E-state index contributed by atoms with van der Waals surface area (Å²) in [6, 6.07) is 0. The molecule has 5 atom stereocenters. The molecule has 0 amide bonds. The first-order valence-corrected chi connectivity index (χ1v) is 8.25.